The number of hydrogen-bond acceptors (Lipinski definition) is 2. The van der Waals surface area contributed by atoms with Crippen molar-refractivity contribution < 1.29 is 5.11 Å². The van der Waals surface area contributed by atoms with Crippen LogP contribution in [0.5, 0.6) is 0 Å². The molecule has 1 unspecified atom stereocenters. The van der Waals surface area contributed by atoms with Gasteiger partial charge in [-0.1, -0.05) is 12.8 Å². The summed E-state index contributed by atoms with van der Waals surface area (Å²) in [6.45, 7) is 1.88. The highest BCUT2D eigenvalue weighted by molar-refractivity contribution is 7.10. The van der Waals surface area contributed by atoms with Gasteiger partial charge in [-0.05, 0) is 49.1 Å². The van der Waals surface area contributed by atoms with E-state index in [1.54, 1.807) is 0 Å². The third kappa shape index (κ3) is 2.01. The van der Waals surface area contributed by atoms with Crippen molar-refractivity contribution >= 4 is 11.3 Å². The molecule has 0 amide bonds. The van der Waals surface area contributed by atoms with Gasteiger partial charge in [-0.15, -0.1) is 11.3 Å². The summed E-state index contributed by atoms with van der Waals surface area (Å²) in [6, 6.07) is 0. The van der Waals surface area contributed by atoms with Crippen LogP contribution in [0.1, 0.15) is 54.7 Å². The van der Waals surface area contributed by atoms with Crippen LogP contribution in [0, 0.1) is 0 Å². The van der Waals surface area contributed by atoms with E-state index in [4.69, 9.17) is 0 Å². The molecule has 0 bridgehead atoms. The minimum atomic E-state index is -0.283. The molecule has 2 rings (SSSR count). The Bertz CT molecular complexity index is 301. The summed E-state index contributed by atoms with van der Waals surface area (Å²) in [6.07, 6.45) is 7.48. The monoisotopic (exact) mass is 210 g/mol. The Morgan fingerprint density at radius 3 is 2.64 bits per heavy atom. The minimum Gasteiger partial charge on any atom is -0.389 e. The van der Waals surface area contributed by atoms with E-state index < -0.39 is 0 Å². The molecule has 1 aliphatic carbocycles. The molecule has 0 aliphatic heterocycles. The fourth-order valence-corrected chi connectivity index (χ4v) is 3.46. The minimum absolute atomic E-state index is 0.283. The van der Waals surface area contributed by atoms with Crippen LogP contribution in [0.2, 0.25) is 0 Å². The second-order valence-corrected chi connectivity index (χ2v) is 5.15. The molecule has 1 aliphatic rings. The fraction of sp³-hybridized carbons (Fsp3) is 0.667. The molecule has 1 atom stereocenters. The number of thiophene rings is 1. The molecule has 2 heteroatoms. The van der Waals surface area contributed by atoms with E-state index in [0.717, 1.165) is 0 Å². The maximum absolute atomic E-state index is 9.64. The summed E-state index contributed by atoms with van der Waals surface area (Å²) in [4.78, 5) is 1.53. The van der Waals surface area contributed by atoms with E-state index in [1.807, 2.05) is 18.3 Å². The van der Waals surface area contributed by atoms with Crippen molar-refractivity contribution in [1.82, 2.24) is 0 Å². The van der Waals surface area contributed by atoms with Crippen LogP contribution in [-0.4, -0.2) is 5.11 Å². The molecular formula is C12H18OS. The molecule has 78 valence electrons. The Labute approximate surface area is 89.8 Å². The molecule has 0 aromatic carbocycles. The molecule has 1 nitrogen and oxygen atoms in total. The van der Waals surface area contributed by atoms with Crippen LogP contribution in [-0.2, 0) is 12.8 Å². The standard InChI is InChI=1S/C12H18OS/c1-9(13)11-8-14-12-7-5-3-2-4-6-10(11)12/h8-9,13H,2-7H2,1H3. The highest BCUT2D eigenvalue weighted by Gasteiger charge is 2.15. The molecule has 1 heterocycles. The Balaban J connectivity index is 2.28. The summed E-state index contributed by atoms with van der Waals surface area (Å²) in [5.74, 6) is 0. The van der Waals surface area contributed by atoms with Crippen molar-refractivity contribution in [2.75, 3.05) is 0 Å². The highest BCUT2D eigenvalue weighted by atomic mass is 32.1. The zero-order valence-corrected chi connectivity index (χ0v) is 9.57. The molecule has 0 fully saturated rings. The lowest BCUT2D eigenvalue weighted by molar-refractivity contribution is 0.198. The molecule has 0 saturated carbocycles. The molecule has 0 radical (unpaired) electrons. The molecule has 1 aromatic heterocycles. The van der Waals surface area contributed by atoms with E-state index in [0.29, 0.717) is 0 Å². The average molecular weight is 210 g/mol. The third-order valence-corrected chi connectivity index (χ3v) is 4.15. The lowest BCUT2D eigenvalue weighted by Gasteiger charge is -2.12. The second-order valence-electron chi connectivity index (χ2n) is 4.18. The van der Waals surface area contributed by atoms with Gasteiger partial charge in [-0.3, -0.25) is 0 Å². The van der Waals surface area contributed by atoms with E-state index in [2.05, 4.69) is 5.38 Å². The van der Waals surface area contributed by atoms with Crippen molar-refractivity contribution in [2.45, 2.75) is 51.6 Å². The average Bonchev–Trinajstić information content (AvgIpc) is 2.47. The first-order valence-electron chi connectivity index (χ1n) is 5.56. The number of aliphatic hydroxyl groups excluding tert-OH is 1. The topological polar surface area (TPSA) is 20.2 Å². The third-order valence-electron chi connectivity index (χ3n) is 3.04. The number of aryl methyl sites for hydroxylation is 1. The zero-order chi connectivity index (χ0) is 9.97. The van der Waals surface area contributed by atoms with Crippen LogP contribution in [0.15, 0.2) is 5.38 Å². The normalized spacial score (nSPS) is 19.6. The molecule has 1 aromatic rings. The Morgan fingerprint density at radius 1 is 1.21 bits per heavy atom. The maximum atomic E-state index is 9.64. The maximum Gasteiger partial charge on any atom is 0.0772 e. The number of rotatable bonds is 1. The number of fused-ring (bicyclic) bond motifs is 1. The number of hydrogen-bond donors (Lipinski definition) is 1. The van der Waals surface area contributed by atoms with Gasteiger partial charge in [0.2, 0.25) is 0 Å². The first-order chi connectivity index (χ1) is 6.79. The lowest BCUT2D eigenvalue weighted by Crippen LogP contribution is -2.00. The van der Waals surface area contributed by atoms with Crippen LogP contribution >= 0.6 is 11.3 Å². The first kappa shape index (κ1) is 10.2. The Morgan fingerprint density at radius 2 is 1.93 bits per heavy atom. The van der Waals surface area contributed by atoms with Gasteiger partial charge in [-0.2, -0.15) is 0 Å². The van der Waals surface area contributed by atoms with Gasteiger partial charge in [0, 0.05) is 4.88 Å². The molecule has 0 spiro atoms. The van der Waals surface area contributed by atoms with E-state index in [1.165, 1.54) is 54.5 Å². The van der Waals surface area contributed by atoms with Crippen LogP contribution in [0.4, 0.5) is 0 Å². The molecule has 0 saturated heterocycles. The first-order valence-corrected chi connectivity index (χ1v) is 6.44. The van der Waals surface area contributed by atoms with E-state index in [-0.39, 0.29) is 6.10 Å². The van der Waals surface area contributed by atoms with Crippen LogP contribution in [0.3, 0.4) is 0 Å². The second kappa shape index (κ2) is 4.45. The lowest BCUT2D eigenvalue weighted by atomic mass is 9.95. The van der Waals surface area contributed by atoms with Crippen molar-refractivity contribution in [3.8, 4) is 0 Å². The summed E-state index contributed by atoms with van der Waals surface area (Å²) < 4.78 is 0. The van der Waals surface area contributed by atoms with Crippen molar-refractivity contribution in [1.29, 1.82) is 0 Å². The largest absolute Gasteiger partial charge is 0.389 e. The van der Waals surface area contributed by atoms with Gasteiger partial charge in [-0.25, -0.2) is 0 Å². The van der Waals surface area contributed by atoms with Crippen molar-refractivity contribution in [3.63, 3.8) is 0 Å². The quantitative estimate of drug-likeness (QED) is 0.752. The Hall–Kier alpha value is -0.340. The van der Waals surface area contributed by atoms with Gasteiger partial charge in [0.25, 0.3) is 0 Å². The van der Waals surface area contributed by atoms with Gasteiger partial charge in [0.05, 0.1) is 6.10 Å². The molecular weight excluding hydrogens is 192 g/mol. The summed E-state index contributed by atoms with van der Waals surface area (Å²) in [5, 5.41) is 11.8. The van der Waals surface area contributed by atoms with Crippen LogP contribution < -0.4 is 0 Å². The van der Waals surface area contributed by atoms with Gasteiger partial charge < -0.3 is 5.11 Å². The molecule has 14 heavy (non-hydrogen) atoms. The van der Waals surface area contributed by atoms with Crippen LogP contribution in [0.25, 0.3) is 0 Å². The predicted octanol–water partition coefficient (Wildman–Crippen LogP) is 3.46. The van der Waals surface area contributed by atoms with E-state index in [9.17, 15) is 5.11 Å². The van der Waals surface area contributed by atoms with Gasteiger partial charge in [0.15, 0.2) is 0 Å². The zero-order valence-electron chi connectivity index (χ0n) is 8.75. The fourth-order valence-electron chi connectivity index (χ4n) is 2.22. The van der Waals surface area contributed by atoms with Crippen molar-refractivity contribution in [3.05, 3.63) is 21.4 Å². The Kier molecular flexibility index (Phi) is 3.24. The number of aliphatic hydroxyl groups is 1. The predicted molar refractivity (Wildman–Crippen MR) is 60.8 cm³/mol. The smallest absolute Gasteiger partial charge is 0.0772 e. The summed E-state index contributed by atoms with van der Waals surface area (Å²) in [5.41, 5.74) is 2.65. The van der Waals surface area contributed by atoms with E-state index >= 15 is 0 Å². The summed E-state index contributed by atoms with van der Waals surface area (Å²) in [7, 11) is 0. The van der Waals surface area contributed by atoms with Gasteiger partial charge >= 0.3 is 0 Å². The van der Waals surface area contributed by atoms with Crippen molar-refractivity contribution in [2.24, 2.45) is 0 Å². The highest BCUT2D eigenvalue weighted by Crippen LogP contribution is 2.32. The molecule has 1 N–H and O–H groups in total. The summed E-state index contributed by atoms with van der Waals surface area (Å²) >= 11 is 1.84. The van der Waals surface area contributed by atoms with Gasteiger partial charge in [0.1, 0.15) is 0 Å². The SMILES string of the molecule is CC(O)c1csc2c1CCCCCC2.